The molecule has 0 fully saturated rings. The Balaban J connectivity index is 2.78. The number of nitrogens with two attached hydrogens (primary N) is 1. The summed E-state index contributed by atoms with van der Waals surface area (Å²) in [5.74, 6) is -0.0587. The maximum absolute atomic E-state index is 12.2. The Labute approximate surface area is 123 Å². The standard InChI is InChI=1S/C14H20ClN3O2/c1-8(2)6-12(18-14(16)20)13(19)17-10-5-4-9(3)11(15)7-10/h4-5,7-8,12H,6H2,1-3H3,(H,17,19)(H3,16,18,20). The van der Waals surface area contributed by atoms with Crippen LogP contribution in [0.15, 0.2) is 18.2 Å². The second-order valence-electron chi connectivity index (χ2n) is 5.14. The van der Waals surface area contributed by atoms with Crippen LogP contribution in [-0.2, 0) is 4.79 Å². The molecular weight excluding hydrogens is 278 g/mol. The topological polar surface area (TPSA) is 84.2 Å². The summed E-state index contributed by atoms with van der Waals surface area (Å²) in [7, 11) is 0. The lowest BCUT2D eigenvalue weighted by Crippen LogP contribution is -2.46. The number of aryl methyl sites for hydroxylation is 1. The van der Waals surface area contributed by atoms with Gasteiger partial charge in [0.15, 0.2) is 0 Å². The Morgan fingerprint density at radius 1 is 1.35 bits per heavy atom. The molecule has 0 aliphatic heterocycles. The number of benzene rings is 1. The Kier molecular flexibility index (Phi) is 5.82. The minimum absolute atomic E-state index is 0.249. The lowest BCUT2D eigenvalue weighted by molar-refractivity contribution is -0.118. The first-order valence-corrected chi connectivity index (χ1v) is 6.80. The van der Waals surface area contributed by atoms with Crippen molar-refractivity contribution in [1.82, 2.24) is 5.32 Å². The summed E-state index contributed by atoms with van der Waals surface area (Å²) >= 11 is 6.00. The van der Waals surface area contributed by atoms with E-state index < -0.39 is 12.1 Å². The number of urea groups is 1. The summed E-state index contributed by atoms with van der Waals surface area (Å²) in [6.07, 6.45) is 0.508. The number of rotatable bonds is 5. The molecule has 0 radical (unpaired) electrons. The van der Waals surface area contributed by atoms with Gasteiger partial charge in [-0.25, -0.2) is 4.79 Å². The molecule has 0 aliphatic rings. The highest BCUT2D eigenvalue weighted by molar-refractivity contribution is 6.31. The van der Waals surface area contributed by atoms with Gasteiger partial charge in [-0.1, -0.05) is 31.5 Å². The van der Waals surface area contributed by atoms with Crippen LogP contribution in [0.3, 0.4) is 0 Å². The average Bonchev–Trinajstić information content (AvgIpc) is 2.32. The number of anilines is 1. The number of hydrogen-bond donors (Lipinski definition) is 3. The molecule has 1 aromatic carbocycles. The minimum atomic E-state index is -0.715. The second-order valence-corrected chi connectivity index (χ2v) is 5.55. The van der Waals surface area contributed by atoms with Crippen LogP contribution < -0.4 is 16.4 Å². The number of hydrogen-bond acceptors (Lipinski definition) is 2. The maximum Gasteiger partial charge on any atom is 0.312 e. The Bertz CT molecular complexity index is 503. The molecule has 0 heterocycles. The van der Waals surface area contributed by atoms with Crippen molar-refractivity contribution in [2.24, 2.45) is 11.7 Å². The lowest BCUT2D eigenvalue weighted by Gasteiger charge is -2.19. The van der Waals surface area contributed by atoms with Gasteiger partial charge in [-0.3, -0.25) is 4.79 Å². The van der Waals surface area contributed by atoms with Gasteiger partial charge in [-0.15, -0.1) is 0 Å². The molecule has 20 heavy (non-hydrogen) atoms. The zero-order chi connectivity index (χ0) is 15.3. The molecule has 0 aromatic heterocycles. The molecule has 3 amide bonds. The number of nitrogens with one attached hydrogen (secondary N) is 2. The van der Waals surface area contributed by atoms with E-state index in [1.807, 2.05) is 26.8 Å². The number of carbonyl (C=O) groups is 2. The lowest BCUT2D eigenvalue weighted by atomic mass is 10.0. The minimum Gasteiger partial charge on any atom is -0.352 e. The normalized spacial score (nSPS) is 12.1. The first-order valence-electron chi connectivity index (χ1n) is 6.42. The van der Waals surface area contributed by atoms with Crippen molar-refractivity contribution in [3.05, 3.63) is 28.8 Å². The van der Waals surface area contributed by atoms with Crippen LogP contribution in [0.2, 0.25) is 5.02 Å². The molecule has 6 heteroatoms. The van der Waals surface area contributed by atoms with Crippen molar-refractivity contribution in [1.29, 1.82) is 0 Å². The molecule has 0 spiro atoms. The van der Waals surface area contributed by atoms with E-state index in [0.717, 1.165) is 5.56 Å². The van der Waals surface area contributed by atoms with Gasteiger partial charge in [0, 0.05) is 10.7 Å². The number of amides is 3. The van der Waals surface area contributed by atoms with Gasteiger partial charge < -0.3 is 16.4 Å². The number of carbonyl (C=O) groups excluding carboxylic acids is 2. The van der Waals surface area contributed by atoms with E-state index in [2.05, 4.69) is 10.6 Å². The summed E-state index contributed by atoms with van der Waals surface area (Å²) in [6, 6.07) is 3.87. The van der Waals surface area contributed by atoms with E-state index in [1.54, 1.807) is 12.1 Å². The Hall–Kier alpha value is -1.75. The van der Waals surface area contributed by atoms with E-state index in [-0.39, 0.29) is 11.8 Å². The van der Waals surface area contributed by atoms with Gasteiger partial charge in [-0.05, 0) is 37.0 Å². The molecule has 0 saturated carbocycles. The van der Waals surface area contributed by atoms with E-state index in [4.69, 9.17) is 17.3 Å². The van der Waals surface area contributed by atoms with Gasteiger partial charge in [0.1, 0.15) is 6.04 Å². The molecule has 1 rings (SSSR count). The SMILES string of the molecule is Cc1ccc(NC(=O)C(CC(C)C)NC(N)=O)cc1Cl. The second kappa shape index (κ2) is 7.14. The smallest absolute Gasteiger partial charge is 0.312 e. The zero-order valence-corrected chi connectivity index (χ0v) is 12.6. The van der Waals surface area contributed by atoms with Gasteiger partial charge in [0.05, 0.1) is 0 Å². The monoisotopic (exact) mass is 297 g/mol. The van der Waals surface area contributed by atoms with Crippen LogP contribution >= 0.6 is 11.6 Å². The van der Waals surface area contributed by atoms with Crippen molar-refractivity contribution in [3.63, 3.8) is 0 Å². The predicted molar refractivity (Wildman–Crippen MR) is 80.8 cm³/mol. The van der Waals surface area contributed by atoms with Crippen molar-refractivity contribution in [2.75, 3.05) is 5.32 Å². The summed E-state index contributed by atoms with van der Waals surface area (Å²) in [5, 5.41) is 5.75. The fourth-order valence-electron chi connectivity index (χ4n) is 1.77. The van der Waals surface area contributed by atoms with E-state index in [0.29, 0.717) is 17.1 Å². The molecule has 4 N–H and O–H groups in total. The predicted octanol–water partition coefficient (Wildman–Crippen LogP) is 2.67. The number of primary amides is 1. The van der Waals surface area contributed by atoms with Crippen molar-refractivity contribution < 1.29 is 9.59 Å². The van der Waals surface area contributed by atoms with Crippen LogP contribution in [-0.4, -0.2) is 18.0 Å². The third-order valence-corrected chi connectivity index (χ3v) is 3.19. The molecule has 5 nitrogen and oxygen atoms in total. The highest BCUT2D eigenvalue weighted by Gasteiger charge is 2.21. The van der Waals surface area contributed by atoms with E-state index >= 15 is 0 Å². The van der Waals surface area contributed by atoms with E-state index in [9.17, 15) is 9.59 Å². The highest BCUT2D eigenvalue weighted by Crippen LogP contribution is 2.20. The van der Waals surface area contributed by atoms with Crippen LogP contribution in [0.25, 0.3) is 0 Å². The van der Waals surface area contributed by atoms with Crippen LogP contribution in [0.4, 0.5) is 10.5 Å². The largest absolute Gasteiger partial charge is 0.352 e. The summed E-state index contributed by atoms with van der Waals surface area (Å²) in [5.41, 5.74) is 6.61. The molecule has 0 aliphatic carbocycles. The average molecular weight is 298 g/mol. The van der Waals surface area contributed by atoms with Gasteiger partial charge in [0.2, 0.25) is 5.91 Å². The van der Waals surface area contributed by atoms with Crippen LogP contribution in [0.1, 0.15) is 25.8 Å². The molecule has 0 bridgehead atoms. The van der Waals surface area contributed by atoms with Gasteiger partial charge in [0.25, 0.3) is 0 Å². The fraction of sp³-hybridized carbons (Fsp3) is 0.429. The summed E-state index contributed by atoms with van der Waals surface area (Å²) in [4.78, 5) is 23.1. The van der Waals surface area contributed by atoms with Crippen molar-refractivity contribution in [2.45, 2.75) is 33.2 Å². The molecule has 0 saturated heterocycles. The molecule has 1 aromatic rings. The van der Waals surface area contributed by atoms with Crippen LogP contribution in [0.5, 0.6) is 0 Å². The zero-order valence-electron chi connectivity index (χ0n) is 11.9. The highest BCUT2D eigenvalue weighted by atomic mass is 35.5. The first-order chi connectivity index (χ1) is 9.29. The molecule has 1 atom stereocenters. The van der Waals surface area contributed by atoms with Gasteiger partial charge in [-0.2, -0.15) is 0 Å². The molecule has 1 unspecified atom stereocenters. The van der Waals surface area contributed by atoms with Crippen LogP contribution in [0, 0.1) is 12.8 Å². The quantitative estimate of drug-likeness (QED) is 0.780. The van der Waals surface area contributed by atoms with Gasteiger partial charge >= 0.3 is 6.03 Å². The summed E-state index contributed by atoms with van der Waals surface area (Å²) < 4.78 is 0. The van der Waals surface area contributed by atoms with Crippen molar-refractivity contribution in [3.8, 4) is 0 Å². The third-order valence-electron chi connectivity index (χ3n) is 2.78. The first kappa shape index (κ1) is 16.3. The number of halogens is 1. The third kappa shape index (κ3) is 5.09. The Morgan fingerprint density at radius 2 is 2.00 bits per heavy atom. The van der Waals surface area contributed by atoms with E-state index in [1.165, 1.54) is 0 Å². The Morgan fingerprint density at radius 3 is 2.50 bits per heavy atom. The maximum atomic E-state index is 12.2. The molecular formula is C14H20ClN3O2. The van der Waals surface area contributed by atoms with Crippen molar-refractivity contribution >= 4 is 29.2 Å². The fourth-order valence-corrected chi connectivity index (χ4v) is 1.96. The molecule has 110 valence electrons. The summed E-state index contributed by atoms with van der Waals surface area (Å²) in [6.45, 7) is 5.81.